The highest BCUT2D eigenvalue weighted by Gasteiger charge is 2.25. The van der Waals surface area contributed by atoms with Crippen molar-refractivity contribution in [2.45, 2.75) is 6.04 Å². The van der Waals surface area contributed by atoms with Gasteiger partial charge in [0.2, 0.25) is 5.91 Å². The number of carboxylic acid groups (broad SMARTS) is 1. The zero-order chi connectivity index (χ0) is 17.8. The molecule has 1 N–H and O–H groups in total. The second-order valence-corrected chi connectivity index (χ2v) is 5.26. The molecule has 1 atom stereocenters. The van der Waals surface area contributed by atoms with Gasteiger partial charge < -0.3 is 15.2 Å². The first-order valence-corrected chi connectivity index (χ1v) is 7.44. The molecule has 0 saturated heterocycles. The first-order chi connectivity index (χ1) is 12.1. The van der Waals surface area contributed by atoms with E-state index in [1.807, 2.05) is 0 Å². The number of nitrogens with zero attached hydrogens (tertiary/aromatic N) is 3. The summed E-state index contributed by atoms with van der Waals surface area (Å²) in [6.07, 6.45) is 0. The highest BCUT2D eigenvalue weighted by molar-refractivity contribution is 5.86. The number of hydrogen-bond acceptors (Lipinski definition) is 6. The standard InChI is InChI=1S/C17H14N4O4/c22-14(23)10-18-16(24)15(11-6-2-1-3-7-11)21-17(25)12-8-4-5-9-13(12)19-20-21/h1-9,15H,10H2,(H,18,24)(H,22,23)/p-1/t15-/m0/s1. The fraction of sp³-hybridized carbons (Fsp3) is 0.118. The lowest BCUT2D eigenvalue weighted by molar-refractivity contribution is -0.304. The van der Waals surface area contributed by atoms with Crippen molar-refractivity contribution in [1.82, 2.24) is 20.3 Å². The van der Waals surface area contributed by atoms with Gasteiger partial charge in [-0.3, -0.25) is 9.59 Å². The van der Waals surface area contributed by atoms with Crippen LogP contribution in [-0.2, 0) is 9.59 Å². The van der Waals surface area contributed by atoms with Gasteiger partial charge in [-0.15, -0.1) is 5.10 Å². The molecule has 1 heterocycles. The molecular weight excluding hydrogens is 324 g/mol. The largest absolute Gasteiger partial charge is 0.548 e. The quantitative estimate of drug-likeness (QED) is 0.654. The van der Waals surface area contributed by atoms with E-state index in [1.165, 1.54) is 0 Å². The van der Waals surface area contributed by atoms with Crippen LogP contribution in [0.4, 0.5) is 0 Å². The van der Waals surface area contributed by atoms with Gasteiger partial charge in [0.25, 0.3) is 5.56 Å². The average Bonchev–Trinajstić information content (AvgIpc) is 2.63. The van der Waals surface area contributed by atoms with E-state index >= 15 is 0 Å². The summed E-state index contributed by atoms with van der Waals surface area (Å²) >= 11 is 0. The third-order valence-electron chi connectivity index (χ3n) is 3.61. The summed E-state index contributed by atoms with van der Waals surface area (Å²) in [5, 5.41) is 21.0. The maximum absolute atomic E-state index is 12.7. The van der Waals surface area contributed by atoms with Crippen molar-refractivity contribution >= 4 is 22.8 Å². The van der Waals surface area contributed by atoms with E-state index < -0.39 is 30.0 Å². The van der Waals surface area contributed by atoms with Crippen LogP contribution in [0.15, 0.2) is 59.4 Å². The molecule has 3 rings (SSSR count). The van der Waals surface area contributed by atoms with Gasteiger partial charge in [-0.2, -0.15) is 4.68 Å². The highest BCUT2D eigenvalue weighted by Crippen LogP contribution is 2.16. The molecule has 3 aromatic rings. The number of amides is 1. The van der Waals surface area contributed by atoms with Gasteiger partial charge in [0.1, 0.15) is 5.52 Å². The Labute approximate surface area is 141 Å². The van der Waals surface area contributed by atoms with Crippen LogP contribution in [0.1, 0.15) is 11.6 Å². The van der Waals surface area contributed by atoms with Gasteiger partial charge in [-0.25, -0.2) is 0 Å². The third kappa shape index (κ3) is 3.37. The van der Waals surface area contributed by atoms with Gasteiger partial charge in [0, 0.05) is 0 Å². The van der Waals surface area contributed by atoms with Crippen LogP contribution in [0, 0.1) is 0 Å². The number of carboxylic acids is 1. The van der Waals surface area contributed by atoms with Crippen molar-refractivity contribution in [3.63, 3.8) is 0 Å². The number of hydrogen-bond donors (Lipinski definition) is 1. The van der Waals surface area contributed by atoms with E-state index in [9.17, 15) is 19.5 Å². The van der Waals surface area contributed by atoms with Crippen LogP contribution in [0.5, 0.6) is 0 Å². The van der Waals surface area contributed by atoms with E-state index in [2.05, 4.69) is 15.6 Å². The maximum atomic E-state index is 12.7. The zero-order valence-corrected chi connectivity index (χ0v) is 13.0. The topological polar surface area (TPSA) is 117 Å². The number of carbonyl (C=O) groups excluding carboxylic acids is 2. The van der Waals surface area contributed by atoms with Crippen LogP contribution in [0.25, 0.3) is 10.9 Å². The minimum atomic E-state index is -1.43. The molecule has 0 aliphatic carbocycles. The molecule has 0 fully saturated rings. The van der Waals surface area contributed by atoms with E-state index in [0.29, 0.717) is 16.5 Å². The normalized spacial score (nSPS) is 11.8. The Morgan fingerprint density at radius 2 is 1.76 bits per heavy atom. The molecule has 1 amide bonds. The predicted molar refractivity (Wildman–Crippen MR) is 86.4 cm³/mol. The van der Waals surface area contributed by atoms with Crippen LogP contribution in [-0.4, -0.2) is 33.4 Å². The SMILES string of the molecule is O=C([O-])CNC(=O)[C@H](c1ccccc1)n1nnc2ccccc2c1=O. The molecule has 0 radical (unpaired) electrons. The first-order valence-electron chi connectivity index (χ1n) is 7.44. The molecule has 1 aromatic heterocycles. The molecule has 0 bridgehead atoms. The Hall–Kier alpha value is -3.55. The van der Waals surface area contributed by atoms with Gasteiger partial charge in [0.15, 0.2) is 6.04 Å². The van der Waals surface area contributed by atoms with Crippen molar-refractivity contribution < 1.29 is 14.7 Å². The summed E-state index contributed by atoms with van der Waals surface area (Å²) in [5.41, 5.74) is 0.388. The molecular formula is C17H13N4O4-. The number of carbonyl (C=O) groups is 2. The van der Waals surface area contributed by atoms with Crippen molar-refractivity contribution in [2.75, 3.05) is 6.54 Å². The molecule has 0 aliphatic heterocycles. The fourth-order valence-electron chi connectivity index (χ4n) is 2.47. The van der Waals surface area contributed by atoms with E-state index in [1.54, 1.807) is 54.6 Å². The van der Waals surface area contributed by atoms with Gasteiger partial charge in [-0.1, -0.05) is 47.7 Å². The van der Waals surface area contributed by atoms with Gasteiger partial charge >= 0.3 is 0 Å². The molecule has 126 valence electrons. The van der Waals surface area contributed by atoms with Crippen molar-refractivity contribution in [1.29, 1.82) is 0 Å². The van der Waals surface area contributed by atoms with Crippen molar-refractivity contribution in [3.8, 4) is 0 Å². The minimum Gasteiger partial charge on any atom is -0.548 e. The van der Waals surface area contributed by atoms with Crippen LogP contribution in [0.3, 0.4) is 0 Å². The number of nitrogens with one attached hydrogen (secondary N) is 1. The fourth-order valence-corrected chi connectivity index (χ4v) is 2.47. The summed E-state index contributed by atoms with van der Waals surface area (Å²) in [6, 6.07) is 13.9. The number of benzene rings is 2. The smallest absolute Gasteiger partial charge is 0.278 e. The van der Waals surface area contributed by atoms with E-state index in [4.69, 9.17) is 0 Å². The minimum absolute atomic E-state index is 0.311. The van der Waals surface area contributed by atoms with Crippen molar-refractivity contribution in [3.05, 3.63) is 70.5 Å². The average molecular weight is 337 g/mol. The molecule has 8 heteroatoms. The molecule has 2 aromatic carbocycles. The van der Waals surface area contributed by atoms with Gasteiger partial charge in [0.05, 0.1) is 17.9 Å². The lowest BCUT2D eigenvalue weighted by Gasteiger charge is -2.18. The second-order valence-electron chi connectivity index (χ2n) is 5.26. The van der Waals surface area contributed by atoms with Crippen LogP contribution >= 0.6 is 0 Å². The van der Waals surface area contributed by atoms with Crippen molar-refractivity contribution in [2.24, 2.45) is 0 Å². The third-order valence-corrected chi connectivity index (χ3v) is 3.61. The highest BCUT2D eigenvalue weighted by atomic mass is 16.4. The molecule has 25 heavy (non-hydrogen) atoms. The first kappa shape index (κ1) is 16.3. The van der Waals surface area contributed by atoms with E-state index in [-0.39, 0.29) is 0 Å². The summed E-state index contributed by atoms with van der Waals surface area (Å²) < 4.78 is 0.947. The molecule has 0 saturated carbocycles. The Morgan fingerprint density at radius 3 is 2.48 bits per heavy atom. The Bertz CT molecular complexity index is 985. The molecule has 0 spiro atoms. The molecule has 8 nitrogen and oxygen atoms in total. The Balaban J connectivity index is 2.12. The van der Waals surface area contributed by atoms with Gasteiger partial charge in [-0.05, 0) is 17.7 Å². The monoisotopic (exact) mass is 337 g/mol. The lowest BCUT2D eigenvalue weighted by Crippen LogP contribution is -2.44. The Morgan fingerprint density at radius 1 is 1.08 bits per heavy atom. The number of fused-ring (bicyclic) bond motifs is 1. The zero-order valence-electron chi connectivity index (χ0n) is 13.0. The summed E-state index contributed by atoms with van der Waals surface area (Å²) in [5.74, 6) is -2.13. The number of rotatable bonds is 5. The Kier molecular flexibility index (Phi) is 4.51. The maximum Gasteiger partial charge on any atom is 0.278 e. The molecule has 0 unspecified atom stereocenters. The molecule has 0 aliphatic rings. The van der Waals surface area contributed by atoms with E-state index in [0.717, 1.165) is 4.68 Å². The predicted octanol–water partition coefficient (Wildman–Crippen LogP) is -0.753. The lowest BCUT2D eigenvalue weighted by atomic mass is 10.1. The van der Waals surface area contributed by atoms with Crippen LogP contribution in [0.2, 0.25) is 0 Å². The number of aromatic nitrogens is 3. The second kappa shape index (κ2) is 6.91. The number of aliphatic carboxylic acids is 1. The summed E-state index contributed by atoms with van der Waals surface area (Å²) in [4.78, 5) is 35.9. The summed E-state index contributed by atoms with van der Waals surface area (Å²) in [6.45, 7) is -0.669. The van der Waals surface area contributed by atoms with Crippen LogP contribution < -0.4 is 16.0 Å². The summed E-state index contributed by atoms with van der Waals surface area (Å²) in [7, 11) is 0.